The molecular weight excluding hydrogens is 612 g/mol. The highest BCUT2D eigenvalue weighted by molar-refractivity contribution is 7.89. The largest absolute Gasteiger partial charge is 0.481 e. The number of benzene rings is 1. The number of carbonyl (C=O) groups is 5. The second-order valence-electron chi connectivity index (χ2n) is 13.8. The number of aliphatic carboxylic acids is 1. The highest BCUT2D eigenvalue weighted by Crippen LogP contribution is 2.64. The van der Waals surface area contributed by atoms with E-state index < -0.39 is 69.2 Å². The Morgan fingerprint density at radius 3 is 2.41 bits per heavy atom. The van der Waals surface area contributed by atoms with Gasteiger partial charge in [-0.3, -0.25) is 24.0 Å². The second-order valence-corrected chi connectivity index (χ2v) is 15.6. The molecule has 2 fully saturated rings. The van der Waals surface area contributed by atoms with Gasteiger partial charge in [0.05, 0.1) is 24.8 Å². The first-order valence-corrected chi connectivity index (χ1v) is 17.5. The van der Waals surface area contributed by atoms with Gasteiger partial charge in [0.2, 0.25) is 21.8 Å². The Bertz CT molecular complexity index is 1630. The van der Waals surface area contributed by atoms with Gasteiger partial charge >= 0.3 is 5.97 Å². The van der Waals surface area contributed by atoms with Crippen molar-refractivity contribution in [2.24, 2.45) is 35.6 Å². The van der Waals surface area contributed by atoms with Gasteiger partial charge in [-0.1, -0.05) is 45.9 Å². The summed E-state index contributed by atoms with van der Waals surface area (Å²) in [5, 5.41) is 15.8. The van der Waals surface area contributed by atoms with Crippen LogP contribution in [0.4, 0.5) is 0 Å². The van der Waals surface area contributed by atoms with Crippen molar-refractivity contribution in [3.05, 3.63) is 36.0 Å². The summed E-state index contributed by atoms with van der Waals surface area (Å²) in [6, 6.07) is 6.44. The van der Waals surface area contributed by atoms with Crippen molar-refractivity contribution in [3.8, 4) is 0 Å². The minimum atomic E-state index is -4.09. The van der Waals surface area contributed by atoms with Crippen molar-refractivity contribution in [2.75, 3.05) is 18.8 Å². The van der Waals surface area contributed by atoms with Crippen LogP contribution in [-0.4, -0.2) is 72.3 Å². The van der Waals surface area contributed by atoms with Gasteiger partial charge < -0.3 is 20.3 Å². The fraction of sp³-hybridized carbons (Fsp3) is 0.606. The highest BCUT2D eigenvalue weighted by Gasteiger charge is 2.65. The number of Topliss-reactive ketones (excluding diaryl/α,β-unsaturated/α-hetero) is 2. The second kappa shape index (κ2) is 13.6. The lowest BCUT2D eigenvalue weighted by molar-refractivity contribution is -0.141. The van der Waals surface area contributed by atoms with E-state index in [2.05, 4.69) is 15.4 Å². The first kappa shape index (κ1) is 35.3. The van der Waals surface area contributed by atoms with Crippen molar-refractivity contribution in [1.82, 2.24) is 19.9 Å². The van der Waals surface area contributed by atoms with Gasteiger partial charge in [0.25, 0.3) is 0 Å². The van der Waals surface area contributed by atoms with Gasteiger partial charge in [-0.2, -0.15) is 0 Å². The van der Waals surface area contributed by atoms with E-state index in [-0.39, 0.29) is 29.9 Å². The lowest BCUT2D eigenvalue weighted by Crippen LogP contribution is -2.51. The molecule has 1 heterocycles. The fourth-order valence-corrected chi connectivity index (χ4v) is 9.14. The van der Waals surface area contributed by atoms with Crippen molar-refractivity contribution in [3.63, 3.8) is 0 Å². The number of hydrogen-bond donors (Lipinski definition) is 4. The summed E-state index contributed by atoms with van der Waals surface area (Å²) in [6.07, 6.45) is 3.23. The van der Waals surface area contributed by atoms with E-state index in [9.17, 15) is 37.5 Å². The molecule has 13 heteroatoms. The van der Waals surface area contributed by atoms with E-state index in [1.807, 2.05) is 55.9 Å². The summed E-state index contributed by atoms with van der Waals surface area (Å²) in [5.41, 5.74) is 0.642. The van der Waals surface area contributed by atoms with Crippen LogP contribution in [0.1, 0.15) is 65.4 Å². The number of sulfonamides is 1. The van der Waals surface area contributed by atoms with E-state index in [1.54, 1.807) is 13.8 Å². The van der Waals surface area contributed by atoms with Gasteiger partial charge in [0.15, 0.2) is 5.78 Å². The highest BCUT2D eigenvalue weighted by atomic mass is 32.2. The molecule has 2 bridgehead atoms. The maximum absolute atomic E-state index is 13.3. The van der Waals surface area contributed by atoms with Crippen molar-refractivity contribution in [1.29, 1.82) is 0 Å². The number of amides is 2. The molecule has 4 N–H and O–H groups in total. The Balaban J connectivity index is 1.33. The Morgan fingerprint density at radius 1 is 1.11 bits per heavy atom. The van der Waals surface area contributed by atoms with Crippen LogP contribution in [0.2, 0.25) is 0 Å². The third kappa shape index (κ3) is 7.35. The summed E-state index contributed by atoms with van der Waals surface area (Å²) in [6.45, 7) is 6.92. The summed E-state index contributed by atoms with van der Waals surface area (Å²) >= 11 is 0. The zero-order valence-corrected chi connectivity index (χ0v) is 28.0. The number of carbonyl (C=O) groups excluding carboxylic acids is 4. The number of ketones is 2. The smallest absolute Gasteiger partial charge is 0.305 e. The van der Waals surface area contributed by atoms with Crippen LogP contribution < -0.4 is 15.4 Å². The zero-order chi connectivity index (χ0) is 34.0. The number of aryl methyl sites for hydroxylation is 1. The molecule has 4 rings (SSSR count). The van der Waals surface area contributed by atoms with E-state index in [1.165, 1.54) is 0 Å². The zero-order valence-electron chi connectivity index (χ0n) is 27.2. The number of carboxylic acids is 1. The molecule has 0 saturated heterocycles. The van der Waals surface area contributed by atoms with Gasteiger partial charge in [-0.15, -0.1) is 0 Å². The predicted molar refractivity (Wildman–Crippen MR) is 172 cm³/mol. The van der Waals surface area contributed by atoms with Crippen molar-refractivity contribution >= 4 is 50.3 Å². The molecule has 0 spiro atoms. The maximum atomic E-state index is 13.3. The Hall–Kier alpha value is -3.58. The van der Waals surface area contributed by atoms with E-state index in [0.717, 1.165) is 22.9 Å². The molecule has 2 aliphatic carbocycles. The molecular formula is C33H46N4O8S. The van der Waals surface area contributed by atoms with Gasteiger partial charge in [0.1, 0.15) is 5.78 Å². The lowest BCUT2D eigenvalue weighted by Gasteiger charge is -2.36. The van der Waals surface area contributed by atoms with Crippen LogP contribution in [0.15, 0.2) is 30.5 Å². The number of hydrogen-bond acceptors (Lipinski definition) is 7. The lowest BCUT2D eigenvalue weighted by atomic mass is 9.70. The summed E-state index contributed by atoms with van der Waals surface area (Å²) in [7, 11) is -2.14. The summed E-state index contributed by atoms with van der Waals surface area (Å²) < 4.78 is 30.4. The Kier molecular flexibility index (Phi) is 10.5. The van der Waals surface area contributed by atoms with Gasteiger partial charge in [-0.25, -0.2) is 13.1 Å². The fourth-order valence-electron chi connectivity index (χ4n) is 7.35. The minimum absolute atomic E-state index is 0.0845. The van der Waals surface area contributed by atoms with Gasteiger partial charge in [-0.05, 0) is 48.1 Å². The molecule has 0 radical (unpaired) electrons. The number of para-hydroxylation sites is 1. The first-order valence-electron chi connectivity index (χ1n) is 15.8. The minimum Gasteiger partial charge on any atom is -0.481 e. The molecule has 2 aliphatic rings. The number of nitrogens with one attached hydrogen (secondary N) is 3. The van der Waals surface area contributed by atoms with Crippen LogP contribution in [0.5, 0.6) is 0 Å². The quantitative estimate of drug-likeness (QED) is 0.212. The molecule has 1 aromatic heterocycles. The normalized spacial score (nSPS) is 21.8. The summed E-state index contributed by atoms with van der Waals surface area (Å²) in [4.78, 5) is 63.6. The molecule has 2 aromatic rings. The molecule has 46 heavy (non-hydrogen) atoms. The van der Waals surface area contributed by atoms with Crippen molar-refractivity contribution in [2.45, 2.75) is 72.3 Å². The number of rotatable bonds is 16. The van der Waals surface area contributed by atoms with E-state index in [0.29, 0.717) is 25.8 Å². The third-order valence-corrected chi connectivity index (χ3v) is 11.8. The van der Waals surface area contributed by atoms with E-state index >= 15 is 0 Å². The number of aromatic nitrogens is 1. The predicted octanol–water partition coefficient (Wildman–Crippen LogP) is 2.34. The van der Waals surface area contributed by atoms with E-state index in [4.69, 9.17) is 0 Å². The molecule has 252 valence electrons. The van der Waals surface area contributed by atoms with Crippen LogP contribution in [0, 0.1) is 28.6 Å². The molecule has 4 unspecified atom stereocenters. The standard InChI is InChI=1S/C33H46N4O8S/c1-20(2)24(15-29(40)34-13-11-21-18-37(5)26-9-7-6-8-23(21)26)31(43)36-25(16-30(41)42)27(38)17-35-46(44,45)19-33-12-10-22(14-28(33)39)32(33,3)4/h6-9,18,20,22,24-25,35H,10-17,19H2,1-5H3,(H,34,40)(H,36,43)(H,41,42). The van der Waals surface area contributed by atoms with Gasteiger partial charge in [0, 0.05) is 54.9 Å². The van der Waals surface area contributed by atoms with Crippen LogP contribution >= 0.6 is 0 Å². The van der Waals surface area contributed by atoms with Crippen LogP contribution in [-0.2, 0) is 47.5 Å². The van der Waals surface area contributed by atoms with Crippen LogP contribution in [0.3, 0.4) is 0 Å². The van der Waals surface area contributed by atoms with Crippen molar-refractivity contribution < 1.29 is 37.5 Å². The molecule has 1 aromatic carbocycles. The average Bonchev–Trinajstić information content (AvgIpc) is 3.48. The first-order chi connectivity index (χ1) is 21.5. The van der Waals surface area contributed by atoms with Crippen LogP contribution in [0.25, 0.3) is 10.9 Å². The third-order valence-electron chi connectivity index (χ3n) is 10.4. The Labute approximate surface area is 270 Å². The molecule has 2 saturated carbocycles. The molecule has 12 nitrogen and oxygen atoms in total. The maximum Gasteiger partial charge on any atom is 0.305 e. The molecule has 2 amide bonds. The average molecular weight is 659 g/mol. The number of carboxylic acid groups (broad SMARTS) is 1. The number of nitrogens with zero attached hydrogens (tertiary/aromatic N) is 1. The summed E-state index contributed by atoms with van der Waals surface area (Å²) in [5.74, 6) is -4.81. The number of fused-ring (bicyclic) bond motifs is 3. The Morgan fingerprint density at radius 2 is 1.80 bits per heavy atom. The molecule has 0 aliphatic heterocycles. The SMILES string of the molecule is CC(C)C(CC(=O)NCCc1cn(C)c2ccccc12)C(=O)NC(CC(=O)O)C(=O)CNS(=O)(=O)CC12CCC(CC1=O)C2(C)C. The topological polar surface area (TPSA) is 181 Å². The monoisotopic (exact) mass is 658 g/mol. The molecule has 4 atom stereocenters.